The van der Waals surface area contributed by atoms with Crippen molar-refractivity contribution >= 4 is 28.3 Å². The van der Waals surface area contributed by atoms with Gasteiger partial charge >= 0.3 is 0 Å². The molecule has 2 unspecified atom stereocenters. The highest BCUT2D eigenvalue weighted by Gasteiger charge is 2.42. The molecule has 3 nitrogen and oxygen atoms in total. The number of rotatable bonds is 5. The summed E-state index contributed by atoms with van der Waals surface area (Å²) in [6.45, 7) is 0. The maximum Gasteiger partial charge on any atom is 0.139 e. The second-order valence-corrected chi connectivity index (χ2v) is 9.41. The van der Waals surface area contributed by atoms with Crippen LogP contribution in [0.25, 0.3) is 10.9 Å². The third-order valence-electron chi connectivity index (χ3n) is 6.97. The summed E-state index contributed by atoms with van der Waals surface area (Å²) in [5.41, 5.74) is 2.89. The normalized spacial score (nSPS) is 25.5. The topological polar surface area (TPSA) is 42.9 Å². The molecule has 4 atom stereocenters. The molecule has 0 amide bonds. The molecule has 0 aliphatic heterocycles. The van der Waals surface area contributed by atoms with Crippen molar-refractivity contribution < 1.29 is 9.18 Å². The smallest absolute Gasteiger partial charge is 0.139 e. The van der Waals surface area contributed by atoms with Crippen molar-refractivity contribution in [2.24, 2.45) is 17.8 Å². The van der Waals surface area contributed by atoms with Gasteiger partial charge < -0.3 is 0 Å². The average molecular weight is 423 g/mol. The highest BCUT2D eigenvalue weighted by atomic mass is 35.5. The van der Waals surface area contributed by atoms with Crippen LogP contribution in [0.1, 0.15) is 49.3 Å². The number of carbonyl (C=O) groups excluding carboxylic acids is 1. The Balaban J connectivity index is 1.21. The van der Waals surface area contributed by atoms with Gasteiger partial charge in [0, 0.05) is 36.3 Å². The fraction of sp³-hybridized carbons (Fsp3) is 0.400. The molecule has 2 heterocycles. The Kier molecular flexibility index (Phi) is 5.28. The van der Waals surface area contributed by atoms with Crippen LogP contribution >= 0.6 is 11.6 Å². The molecule has 3 aromatic rings. The zero-order valence-electron chi connectivity index (χ0n) is 16.7. The van der Waals surface area contributed by atoms with Crippen LogP contribution in [0.5, 0.6) is 0 Å². The number of carbonyl (C=O) groups is 1. The third-order valence-corrected chi connectivity index (χ3v) is 7.20. The van der Waals surface area contributed by atoms with E-state index >= 15 is 0 Å². The summed E-state index contributed by atoms with van der Waals surface area (Å²) in [6.07, 6.45) is 8.98. The summed E-state index contributed by atoms with van der Waals surface area (Å²) < 4.78 is 13.8. The molecule has 5 heteroatoms. The second-order valence-electron chi connectivity index (χ2n) is 8.97. The number of halogens is 2. The van der Waals surface area contributed by atoms with Crippen molar-refractivity contribution in [3.63, 3.8) is 0 Å². The Labute approximate surface area is 180 Å². The highest BCUT2D eigenvalue weighted by molar-refractivity contribution is 6.30. The van der Waals surface area contributed by atoms with Crippen molar-refractivity contribution in [3.05, 3.63) is 70.9 Å². The number of Topliss-reactive ketones (excluding diaryl/α,β-unsaturated/α-hetero) is 1. The molecule has 5 rings (SSSR count). The minimum Gasteiger partial charge on any atom is -0.299 e. The van der Waals surface area contributed by atoms with Crippen LogP contribution in [0.15, 0.2) is 48.8 Å². The lowest BCUT2D eigenvalue weighted by Gasteiger charge is -2.16. The van der Waals surface area contributed by atoms with Crippen LogP contribution in [0.4, 0.5) is 4.39 Å². The molecule has 2 aromatic heterocycles. The van der Waals surface area contributed by atoms with Gasteiger partial charge in [0.1, 0.15) is 11.6 Å². The molecule has 0 saturated heterocycles. The van der Waals surface area contributed by atoms with Gasteiger partial charge in [0.15, 0.2) is 0 Å². The minimum absolute atomic E-state index is 0.205. The monoisotopic (exact) mass is 422 g/mol. The van der Waals surface area contributed by atoms with Crippen LogP contribution in [-0.2, 0) is 11.2 Å². The number of hydrogen-bond donors (Lipinski definition) is 0. The number of aromatic nitrogens is 2. The quantitative estimate of drug-likeness (QED) is 0.495. The largest absolute Gasteiger partial charge is 0.299 e. The first-order valence-electron chi connectivity index (χ1n) is 10.7. The summed E-state index contributed by atoms with van der Waals surface area (Å²) in [5.74, 6) is 2.33. The molecule has 2 aliphatic rings. The van der Waals surface area contributed by atoms with E-state index in [2.05, 4.69) is 16.0 Å². The number of fused-ring (bicyclic) bond motifs is 2. The zero-order valence-corrected chi connectivity index (χ0v) is 17.5. The van der Waals surface area contributed by atoms with Crippen molar-refractivity contribution in [2.45, 2.75) is 44.4 Å². The van der Waals surface area contributed by atoms with E-state index in [9.17, 15) is 9.18 Å². The van der Waals surface area contributed by atoms with Gasteiger partial charge in [-0.15, -0.1) is 0 Å². The van der Waals surface area contributed by atoms with E-state index in [0.717, 1.165) is 42.3 Å². The van der Waals surface area contributed by atoms with Crippen molar-refractivity contribution in [1.82, 2.24) is 9.97 Å². The minimum atomic E-state index is -0.205. The SMILES string of the molecule is O=C(Cc1ccc(Cl)cn1)CC1C[C@@H]2CC(c3ccnc4ccc(F)cc34)C[C@@H]2C1. The third kappa shape index (κ3) is 3.98. The van der Waals surface area contributed by atoms with Crippen molar-refractivity contribution in [2.75, 3.05) is 0 Å². The Morgan fingerprint density at radius 2 is 1.83 bits per heavy atom. The molecule has 1 aromatic carbocycles. The van der Waals surface area contributed by atoms with E-state index in [0.29, 0.717) is 41.5 Å². The molecular weight excluding hydrogens is 399 g/mol. The molecular formula is C25H24ClFN2O. The summed E-state index contributed by atoms with van der Waals surface area (Å²) in [6, 6.07) is 10.5. The molecule has 0 bridgehead atoms. The van der Waals surface area contributed by atoms with E-state index in [-0.39, 0.29) is 11.6 Å². The molecule has 2 fully saturated rings. The standard InChI is InChI=1S/C25H24ClFN2O/c26-19-1-3-21(29-14-19)13-22(30)9-15-7-16-10-18(11-17(16)8-15)23-5-6-28-25-4-2-20(27)12-24(23)25/h1-6,12,14-18H,7-11,13H2/t15?,16-,17+,18?. The number of benzene rings is 1. The van der Waals surface area contributed by atoms with Gasteiger partial charge in [0.2, 0.25) is 0 Å². The van der Waals surface area contributed by atoms with Crippen LogP contribution < -0.4 is 0 Å². The van der Waals surface area contributed by atoms with Crippen molar-refractivity contribution in [3.8, 4) is 0 Å². The predicted molar refractivity (Wildman–Crippen MR) is 116 cm³/mol. The van der Waals surface area contributed by atoms with E-state index in [1.165, 1.54) is 11.6 Å². The Morgan fingerprint density at radius 3 is 2.57 bits per heavy atom. The van der Waals surface area contributed by atoms with E-state index in [1.54, 1.807) is 24.4 Å². The Bertz CT molecular complexity index is 1070. The van der Waals surface area contributed by atoms with Gasteiger partial charge in [-0.1, -0.05) is 11.6 Å². The van der Waals surface area contributed by atoms with Crippen LogP contribution in [0.3, 0.4) is 0 Å². The Morgan fingerprint density at radius 1 is 1.03 bits per heavy atom. The fourth-order valence-electron chi connectivity index (χ4n) is 5.77. The maximum atomic E-state index is 13.8. The second kappa shape index (κ2) is 8.07. The molecule has 2 aliphatic carbocycles. The van der Waals surface area contributed by atoms with Gasteiger partial charge in [-0.05, 0) is 91.3 Å². The lowest BCUT2D eigenvalue weighted by molar-refractivity contribution is -0.119. The first-order valence-corrected chi connectivity index (χ1v) is 11.1. The van der Waals surface area contributed by atoms with Gasteiger partial charge in [0.05, 0.1) is 10.5 Å². The van der Waals surface area contributed by atoms with Gasteiger partial charge in [-0.2, -0.15) is 0 Å². The van der Waals surface area contributed by atoms with Gasteiger partial charge in [-0.25, -0.2) is 4.39 Å². The highest BCUT2D eigenvalue weighted by Crippen LogP contribution is 2.53. The molecule has 30 heavy (non-hydrogen) atoms. The lowest BCUT2D eigenvalue weighted by Crippen LogP contribution is -2.10. The number of nitrogens with zero attached hydrogens (tertiary/aromatic N) is 2. The molecule has 0 N–H and O–H groups in total. The summed E-state index contributed by atoms with van der Waals surface area (Å²) in [5, 5.41) is 1.54. The molecule has 2 saturated carbocycles. The van der Waals surface area contributed by atoms with Crippen LogP contribution in [0.2, 0.25) is 5.02 Å². The molecule has 0 radical (unpaired) electrons. The summed E-state index contributed by atoms with van der Waals surface area (Å²) >= 11 is 5.87. The van der Waals surface area contributed by atoms with Gasteiger partial charge in [0.25, 0.3) is 0 Å². The Hall–Kier alpha value is -2.33. The summed E-state index contributed by atoms with van der Waals surface area (Å²) in [7, 11) is 0. The van der Waals surface area contributed by atoms with E-state index in [4.69, 9.17) is 11.6 Å². The van der Waals surface area contributed by atoms with Gasteiger partial charge in [-0.3, -0.25) is 14.8 Å². The molecule has 0 spiro atoms. The fourth-order valence-corrected chi connectivity index (χ4v) is 5.88. The van der Waals surface area contributed by atoms with Crippen LogP contribution in [0, 0.1) is 23.6 Å². The number of pyridine rings is 2. The maximum absolute atomic E-state index is 13.8. The number of ketones is 1. The average Bonchev–Trinajstić information content (AvgIpc) is 3.27. The lowest BCUT2D eigenvalue weighted by atomic mass is 9.89. The summed E-state index contributed by atoms with van der Waals surface area (Å²) in [4.78, 5) is 21.2. The first kappa shape index (κ1) is 19.6. The van der Waals surface area contributed by atoms with E-state index in [1.807, 2.05) is 12.3 Å². The zero-order chi connectivity index (χ0) is 20.7. The first-order chi connectivity index (χ1) is 14.5. The van der Waals surface area contributed by atoms with E-state index < -0.39 is 0 Å². The van der Waals surface area contributed by atoms with Crippen LogP contribution in [-0.4, -0.2) is 15.8 Å². The predicted octanol–water partition coefficient (Wildman–Crippen LogP) is 6.14. The van der Waals surface area contributed by atoms with Crippen molar-refractivity contribution in [1.29, 1.82) is 0 Å². The molecule has 154 valence electrons. The number of hydrogen-bond acceptors (Lipinski definition) is 3.